The molecule has 4 saturated carbocycles. The van der Waals surface area contributed by atoms with Gasteiger partial charge in [0.1, 0.15) is 5.75 Å². The molecule has 4 bridgehead atoms. The predicted molar refractivity (Wildman–Crippen MR) is 77.2 cm³/mol. The Hall–Kier alpha value is -0.980. The molecule has 1 radical (unpaired) electrons. The van der Waals surface area contributed by atoms with Crippen molar-refractivity contribution in [1.82, 2.24) is 0 Å². The Morgan fingerprint density at radius 3 is 2.11 bits per heavy atom. The summed E-state index contributed by atoms with van der Waals surface area (Å²) in [7, 11) is 0. The minimum atomic E-state index is 0.275. The van der Waals surface area contributed by atoms with Gasteiger partial charge in [0.15, 0.2) is 0 Å². The van der Waals surface area contributed by atoms with Gasteiger partial charge in [0.2, 0.25) is 0 Å². The molecule has 0 unspecified atom stereocenters. The fraction of sp³-hybridized carbons (Fsp3) is 0.611. The Labute approximate surface area is 116 Å². The number of benzene rings is 1. The van der Waals surface area contributed by atoms with Crippen LogP contribution in [0.25, 0.3) is 0 Å². The van der Waals surface area contributed by atoms with E-state index in [4.69, 9.17) is 0 Å². The number of phenols is 1. The molecule has 4 aliphatic rings. The van der Waals surface area contributed by atoms with Crippen molar-refractivity contribution in [3.63, 3.8) is 0 Å². The van der Waals surface area contributed by atoms with Crippen LogP contribution in [0.4, 0.5) is 0 Å². The van der Waals surface area contributed by atoms with Crippen LogP contribution in [0.3, 0.4) is 0 Å². The van der Waals surface area contributed by atoms with E-state index < -0.39 is 0 Å². The maximum Gasteiger partial charge on any atom is 0.122 e. The first kappa shape index (κ1) is 11.8. The second-order valence-electron chi connectivity index (χ2n) is 7.52. The first-order valence-electron chi connectivity index (χ1n) is 7.72. The smallest absolute Gasteiger partial charge is 0.122 e. The average molecular weight is 255 g/mol. The Bertz CT molecular complexity index is 493. The third kappa shape index (κ3) is 1.67. The van der Waals surface area contributed by atoms with E-state index in [2.05, 4.69) is 19.9 Å². The van der Waals surface area contributed by atoms with Crippen molar-refractivity contribution in [1.29, 1.82) is 0 Å². The summed E-state index contributed by atoms with van der Waals surface area (Å²) in [5.41, 5.74) is 3.55. The molecule has 0 aliphatic heterocycles. The molecule has 19 heavy (non-hydrogen) atoms. The highest BCUT2D eigenvalue weighted by atomic mass is 16.3. The van der Waals surface area contributed by atoms with E-state index in [1.54, 1.807) is 0 Å². The summed E-state index contributed by atoms with van der Waals surface area (Å²) in [6.07, 6.45) is 8.25. The van der Waals surface area contributed by atoms with Crippen molar-refractivity contribution >= 4 is 0 Å². The number of aromatic hydroxyl groups is 1. The number of hydrogen-bond acceptors (Lipinski definition) is 1. The predicted octanol–water partition coefficient (Wildman–Crippen LogP) is 4.35. The minimum absolute atomic E-state index is 0.275. The van der Waals surface area contributed by atoms with Crippen LogP contribution >= 0.6 is 0 Å². The highest BCUT2D eigenvalue weighted by Crippen LogP contribution is 2.62. The molecule has 0 amide bonds. The van der Waals surface area contributed by atoms with Crippen LogP contribution in [0.1, 0.15) is 55.2 Å². The van der Waals surface area contributed by atoms with Gasteiger partial charge >= 0.3 is 0 Å². The molecule has 101 valence electrons. The summed E-state index contributed by atoms with van der Waals surface area (Å²) < 4.78 is 0. The maximum atomic E-state index is 10.5. The summed E-state index contributed by atoms with van der Waals surface area (Å²) >= 11 is 0. The van der Waals surface area contributed by atoms with Crippen molar-refractivity contribution in [2.24, 2.45) is 17.8 Å². The van der Waals surface area contributed by atoms with E-state index in [9.17, 15) is 5.11 Å². The average Bonchev–Trinajstić information content (AvgIpc) is 2.32. The van der Waals surface area contributed by atoms with Crippen LogP contribution < -0.4 is 0 Å². The summed E-state index contributed by atoms with van der Waals surface area (Å²) in [5.74, 6) is 3.23. The second-order valence-corrected chi connectivity index (χ2v) is 7.52. The molecule has 1 aromatic carbocycles. The number of rotatable bonds is 1. The van der Waals surface area contributed by atoms with Crippen LogP contribution in [-0.2, 0) is 5.41 Å². The fourth-order valence-electron chi connectivity index (χ4n) is 5.70. The molecule has 1 nitrogen and oxygen atoms in total. The van der Waals surface area contributed by atoms with Gasteiger partial charge in [-0.1, -0.05) is 17.7 Å². The fourth-order valence-corrected chi connectivity index (χ4v) is 5.70. The molecule has 0 spiro atoms. The lowest BCUT2D eigenvalue weighted by Gasteiger charge is -2.57. The van der Waals surface area contributed by atoms with Crippen molar-refractivity contribution in [3.05, 3.63) is 35.7 Å². The third-order valence-corrected chi connectivity index (χ3v) is 5.94. The molecule has 0 atom stereocenters. The van der Waals surface area contributed by atoms with Crippen LogP contribution in [0, 0.1) is 31.6 Å². The third-order valence-electron chi connectivity index (χ3n) is 5.94. The molecular formula is C18H23O. The van der Waals surface area contributed by atoms with Crippen molar-refractivity contribution in [2.75, 3.05) is 0 Å². The molecule has 1 heteroatoms. The number of phenolic OH excluding ortho intramolecular Hbond substituents is 1. The van der Waals surface area contributed by atoms with Crippen LogP contribution in [-0.4, -0.2) is 5.11 Å². The summed E-state index contributed by atoms with van der Waals surface area (Å²) in [6.45, 7) is 6.14. The lowest BCUT2D eigenvalue weighted by atomic mass is 9.48. The lowest BCUT2D eigenvalue weighted by molar-refractivity contribution is -0.00618. The van der Waals surface area contributed by atoms with Gasteiger partial charge in [-0.2, -0.15) is 0 Å². The topological polar surface area (TPSA) is 20.2 Å². The van der Waals surface area contributed by atoms with Crippen molar-refractivity contribution < 1.29 is 5.11 Å². The van der Waals surface area contributed by atoms with E-state index in [-0.39, 0.29) is 5.41 Å². The minimum Gasteiger partial charge on any atom is -0.507 e. The van der Waals surface area contributed by atoms with E-state index in [1.165, 1.54) is 49.7 Å². The molecule has 4 fully saturated rings. The molecule has 1 aromatic rings. The first-order chi connectivity index (χ1) is 9.06. The van der Waals surface area contributed by atoms with Crippen molar-refractivity contribution in [3.8, 4) is 5.75 Å². The van der Waals surface area contributed by atoms with Gasteiger partial charge in [-0.05, 0) is 81.1 Å². The molecule has 1 N–H and O–H groups in total. The summed E-state index contributed by atoms with van der Waals surface area (Å²) in [4.78, 5) is 0. The van der Waals surface area contributed by atoms with Gasteiger partial charge in [0, 0.05) is 5.56 Å². The highest BCUT2D eigenvalue weighted by Gasteiger charge is 2.52. The largest absolute Gasteiger partial charge is 0.507 e. The molecular weight excluding hydrogens is 232 g/mol. The van der Waals surface area contributed by atoms with Gasteiger partial charge in [-0.25, -0.2) is 0 Å². The first-order valence-corrected chi connectivity index (χ1v) is 7.72. The van der Waals surface area contributed by atoms with E-state index >= 15 is 0 Å². The SMILES string of the molecule is [CH2]c1cc(C)cc(C23CC4CC(CC(C4)C2)C3)c1O. The molecule has 0 saturated heterocycles. The van der Waals surface area contributed by atoms with Crippen LogP contribution in [0.15, 0.2) is 12.1 Å². The Balaban J connectivity index is 1.84. The van der Waals surface area contributed by atoms with Gasteiger partial charge in [-0.3, -0.25) is 0 Å². The molecule has 5 rings (SSSR count). The van der Waals surface area contributed by atoms with Crippen molar-refractivity contribution in [2.45, 2.75) is 50.9 Å². The quantitative estimate of drug-likeness (QED) is 0.791. The second kappa shape index (κ2) is 3.77. The summed E-state index contributed by atoms with van der Waals surface area (Å²) in [6, 6.07) is 4.23. The summed E-state index contributed by atoms with van der Waals surface area (Å²) in [5, 5.41) is 10.5. The molecule has 0 heterocycles. The standard InChI is InChI=1S/C18H23O/c1-11-3-12(2)17(19)16(4-11)18-8-13-5-14(9-18)7-15(6-13)10-18/h3-4,13-15,19H,2,5-10H2,1H3. The van der Waals surface area contributed by atoms with E-state index in [0.29, 0.717) is 5.75 Å². The monoisotopic (exact) mass is 255 g/mol. The van der Waals surface area contributed by atoms with Gasteiger partial charge in [0.25, 0.3) is 0 Å². The Morgan fingerprint density at radius 2 is 1.58 bits per heavy atom. The normalized spacial score (nSPS) is 39.8. The Kier molecular flexibility index (Phi) is 2.35. The van der Waals surface area contributed by atoms with Crippen LogP contribution in [0.2, 0.25) is 0 Å². The number of hydrogen-bond donors (Lipinski definition) is 1. The van der Waals surface area contributed by atoms with Crippen LogP contribution in [0.5, 0.6) is 5.75 Å². The van der Waals surface area contributed by atoms with Gasteiger partial charge in [0.05, 0.1) is 0 Å². The van der Waals surface area contributed by atoms with E-state index in [0.717, 1.165) is 23.3 Å². The zero-order valence-corrected chi connectivity index (χ0v) is 11.8. The Morgan fingerprint density at radius 1 is 1.05 bits per heavy atom. The maximum absolute atomic E-state index is 10.5. The van der Waals surface area contributed by atoms with Gasteiger partial charge in [-0.15, -0.1) is 0 Å². The zero-order chi connectivity index (χ0) is 13.2. The van der Waals surface area contributed by atoms with Gasteiger partial charge < -0.3 is 5.11 Å². The number of aryl methyl sites for hydroxylation is 1. The van der Waals surface area contributed by atoms with E-state index in [1.807, 2.05) is 6.07 Å². The lowest BCUT2D eigenvalue weighted by Crippen LogP contribution is -2.48. The molecule has 4 aliphatic carbocycles. The zero-order valence-electron chi connectivity index (χ0n) is 11.8. The highest BCUT2D eigenvalue weighted by molar-refractivity contribution is 5.49. The molecule has 0 aromatic heterocycles.